The van der Waals surface area contributed by atoms with Crippen molar-refractivity contribution in [3.8, 4) is 0 Å². The van der Waals surface area contributed by atoms with Crippen LogP contribution in [-0.2, 0) is 9.59 Å². The Labute approximate surface area is 143 Å². The molecule has 6 nitrogen and oxygen atoms in total. The molecule has 10 heteroatoms. The monoisotopic (exact) mass is 376 g/mol. The molecule has 0 heterocycles. The molecule has 26 heavy (non-hydrogen) atoms. The van der Waals surface area contributed by atoms with Crippen molar-refractivity contribution in [2.24, 2.45) is 0 Å². The van der Waals surface area contributed by atoms with Gasteiger partial charge in [-0.15, -0.1) is 0 Å². The summed E-state index contributed by atoms with van der Waals surface area (Å²) in [6.07, 6.45) is -4.06. The van der Waals surface area contributed by atoms with Gasteiger partial charge >= 0.3 is 11.9 Å². The summed E-state index contributed by atoms with van der Waals surface area (Å²) in [4.78, 5) is 20.4. The van der Waals surface area contributed by atoms with Crippen LogP contribution in [0.4, 0.5) is 17.6 Å². The van der Waals surface area contributed by atoms with Gasteiger partial charge in [-0.1, -0.05) is 6.07 Å². The molecule has 0 amide bonds. The third-order valence-electron chi connectivity index (χ3n) is 2.94. The average Bonchev–Trinajstić information content (AvgIpc) is 2.53. The number of benzene rings is 2. The summed E-state index contributed by atoms with van der Waals surface area (Å²) >= 11 is 0. The van der Waals surface area contributed by atoms with Crippen molar-refractivity contribution in [3.05, 3.63) is 70.8 Å². The fourth-order valence-electron chi connectivity index (χ4n) is 1.77. The number of rotatable bonds is 4. The number of carboxylic acid groups (broad SMARTS) is 2. The van der Waals surface area contributed by atoms with Crippen LogP contribution < -0.4 is 0 Å². The molecule has 0 fully saturated rings. The van der Waals surface area contributed by atoms with Crippen LogP contribution in [0.3, 0.4) is 0 Å². The van der Waals surface area contributed by atoms with E-state index in [1.807, 2.05) is 0 Å². The topological polar surface area (TPSA) is 115 Å². The van der Waals surface area contributed by atoms with Crippen molar-refractivity contribution < 1.29 is 47.6 Å². The Morgan fingerprint density at radius 1 is 0.769 bits per heavy atom. The summed E-state index contributed by atoms with van der Waals surface area (Å²) in [5, 5.41) is 34.4. The van der Waals surface area contributed by atoms with Crippen LogP contribution in [0.25, 0.3) is 0 Å². The molecule has 2 rings (SSSR count). The van der Waals surface area contributed by atoms with Crippen molar-refractivity contribution in [2.45, 2.75) is 12.2 Å². The molecule has 0 bridgehead atoms. The molecule has 0 aliphatic carbocycles. The van der Waals surface area contributed by atoms with Crippen LogP contribution >= 0.6 is 0 Å². The maximum Gasteiger partial charge on any atom is 0.337 e. The molecule has 4 N–H and O–H groups in total. The third-order valence-corrected chi connectivity index (χ3v) is 2.94. The fourth-order valence-corrected chi connectivity index (χ4v) is 1.77. The first-order valence-electron chi connectivity index (χ1n) is 6.76. The van der Waals surface area contributed by atoms with E-state index in [1.165, 1.54) is 0 Å². The summed E-state index contributed by atoms with van der Waals surface area (Å²) in [6.45, 7) is 0. The minimum absolute atomic E-state index is 0.315. The van der Waals surface area contributed by atoms with Crippen molar-refractivity contribution >= 4 is 11.9 Å². The normalized spacial score (nSPS) is 12.5. The van der Waals surface area contributed by atoms with Gasteiger partial charge in [0.25, 0.3) is 0 Å². The summed E-state index contributed by atoms with van der Waals surface area (Å²) in [5.74, 6) is -7.23. The Kier molecular flexibility index (Phi) is 7.23. The predicted molar refractivity (Wildman–Crippen MR) is 77.9 cm³/mol. The summed E-state index contributed by atoms with van der Waals surface area (Å²) < 4.78 is 50.6. The lowest BCUT2D eigenvalue weighted by Crippen LogP contribution is -2.14. The molecule has 140 valence electrons. The second kappa shape index (κ2) is 8.92. The van der Waals surface area contributed by atoms with Gasteiger partial charge in [-0.3, -0.25) is 0 Å². The largest absolute Gasteiger partial charge is 0.479 e. The zero-order valence-electron chi connectivity index (χ0n) is 12.7. The molecular weight excluding hydrogens is 364 g/mol. The van der Waals surface area contributed by atoms with Gasteiger partial charge in [-0.25, -0.2) is 27.2 Å². The molecule has 0 spiro atoms. The number of hydrogen-bond acceptors (Lipinski definition) is 4. The Bertz CT molecular complexity index is 771. The summed E-state index contributed by atoms with van der Waals surface area (Å²) in [6, 6.07) is 4.97. The first-order valence-corrected chi connectivity index (χ1v) is 6.76. The van der Waals surface area contributed by atoms with E-state index >= 15 is 0 Å². The average molecular weight is 376 g/mol. The number of halogens is 4. The Morgan fingerprint density at radius 2 is 1.19 bits per heavy atom. The molecule has 2 atom stereocenters. The van der Waals surface area contributed by atoms with Crippen LogP contribution in [0.1, 0.15) is 23.3 Å². The molecule has 0 aliphatic heterocycles. The van der Waals surface area contributed by atoms with Crippen molar-refractivity contribution in [1.82, 2.24) is 0 Å². The third kappa shape index (κ3) is 5.53. The summed E-state index contributed by atoms with van der Waals surface area (Å²) in [5.41, 5.74) is -1.15. The molecule has 2 aromatic carbocycles. The van der Waals surface area contributed by atoms with Crippen molar-refractivity contribution in [1.29, 1.82) is 0 Å². The molecule has 0 aromatic heterocycles. The van der Waals surface area contributed by atoms with Gasteiger partial charge in [0.2, 0.25) is 0 Å². The van der Waals surface area contributed by atoms with Gasteiger partial charge in [0.15, 0.2) is 12.2 Å². The molecule has 2 unspecified atom stereocenters. The minimum atomic E-state index is -2.17. The second-order valence-corrected chi connectivity index (χ2v) is 4.82. The van der Waals surface area contributed by atoms with Crippen molar-refractivity contribution in [3.63, 3.8) is 0 Å². The van der Waals surface area contributed by atoms with E-state index in [0.29, 0.717) is 6.07 Å². The molecule has 0 aliphatic rings. The molecule has 0 radical (unpaired) electrons. The van der Waals surface area contributed by atoms with Crippen molar-refractivity contribution in [2.75, 3.05) is 0 Å². The van der Waals surface area contributed by atoms with Gasteiger partial charge in [-0.05, 0) is 29.8 Å². The maximum atomic E-state index is 12.8. The number of carboxylic acids is 2. The highest BCUT2D eigenvalue weighted by Crippen LogP contribution is 2.20. The number of aliphatic hydroxyl groups excluding tert-OH is 2. The first kappa shape index (κ1) is 21.1. The lowest BCUT2D eigenvalue weighted by molar-refractivity contribution is -0.147. The van der Waals surface area contributed by atoms with Crippen LogP contribution in [0.15, 0.2) is 36.4 Å². The van der Waals surface area contributed by atoms with Gasteiger partial charge in [0.05, 0.1) is 5.56 Å². The van der Waals surface area contributed by atoms with Crippen LogP contribution in [-0.4, -0.2) is 32.4 Å². The second-order valence-electron chi connectivity index (χ2n) is 4.82. The zero-order valence-corrected chi connectivity index (χ0v) is 12.7. The molecular formula is C16H12F4O6. The summed E-state index contributed by atoms with van der Waals surface area (Å²) in [7, 11) is 0. The Hall–Kier alpha value is -2.98. The Morgan fingerprint density at radius 3 is 1.58 bits per heavy atom. The first-order chi connectivity index (χ1) is 12.0. The van der Waals surface area contributed by atoms with Gasteiger partial charge in [0, 0.05) is 6.07 Å². The van der Waals surface area contributed by atoms with E-state index < -0.39 is 53.0 Å². The maximum absolute atomic E-state index is 12.8. The number of carbonyl (C=O) groups is 2. The highest BCUT2D eigenvalue weighted by molar-refractivity contribution is 5.74. The van der Waals surface area contributed by atoms with E-state index in [2.05, 4.69) is 0 Å². The smallest absolute Gasteiger partial charge is 0.337 e. The molecule has 0 saturated carbocycles. The lowest BCUT2D eigenvalue weighted by Gasteiger charge is -2.07. The van der Waals surface area contributed by atoms with E-state index in [4.69, 9.17) is 20.4 Å². The minimum Gasteiger partial charge on any atom is -0.479 e. The highest BCUT2D eigenvalue weighted by Gasteiger charge is 2.23. The van der Waals surface area contributed by atoms with E-state index in [9.17, 15) is 27.2 Å². The Balaban J connectivity index is 0.000000260. The van der Waals surface area contributed by atoms with Crippen LogP contribution in [0.2, 0.25) is 0 Å². The van der Waals surface area contributed by atoms with E-state index in [1.54, 1.807) is 0 Å². The van der Waals surface area contributed by atoms with Crippen LogP contribution in [0, 0.1) is 23.3 Å². The predicted octanol–water partition coefficient (Wildman–Crippen LogP) is 2.17. The zero-order chi connectivity index (χ0) is 20.0. The van der Waals surface area contributed by atoms with Crippen LogP contribution in [0.5, 0.6) is 0 Å². The fraction of sp³-hybridized carbons (Fsp3) is 0.125. The number of aliphatic hydroxyl groups is 2. The highest BCUT2D eigenvalue weighted by atomic mass is 19.1. The van der Waals surface area contributed by atoms with Gasteiger partial charge < -0.3 is 20.4 Å². The van der Waals surface area contributed by atoms with E-state index in [-0.39, 0.29) is 5.56 Å². The number of hydrogen-bond donors (Lipinski definition) is 4. The standard InChI is InChI=1S/2C8H6F2O3/c9-5-1-4(2-6(10)3-5)7(11)8(12)13;9-4-2-1-3-5(10)6(4)7(11)8(12)13/h2*1-3,7,11H,(H,12,13). The number of aliphatic carboxylic acids is 2. The molecule has 2 aromatic rings. The van der Waals surface area contributed by atoms with Gasteiger partial charge in [-0.2, -0.15) is 0 Å². The molecule has 0 saturated heterocycles. The quantitative estimate of drug-likeness (QED) is 0.608. The SMILES string of the molecule is O=C(O)C(O)c1c(F)cccc1F.O=C(O)C(O)c1cc(F)cc(F)c1. The van der Waals surface area contributed by atoms with E-state index in [0.717, 1.165) is 30.3 Å². The lowest BCUT2D eigenvalue weighted by atomic mass is 10.1. The van der Waals surface area contributed by atoms with Gasteiger partial charge in [0.1, 0.15) is 23.3 Å².